The molecule has 0 aliphatic carbocycles. The fraction of sp³-hybridized carbons (Fsp3) is 0.500. The minimum absolute atomic E-state index is 0.557. The highest BCUT2D eigenvalue weighted by molar-refractivity contribution is 5.67. The molecular formula is C20H28N4O2. The minimum atomic E-state index is 0.557. The van der Waals surface area contributed by atoms with Gasteiger partial charge < -0.3 is 19.7 Å². The first-order valence-electron chi connectivity index (χ1n) is 9.26. The van der Waals surface area contributed by atoms with Gasteiger partial charge in [-0.1, -0.05) is 6.92 Å². The summed E-state index contributed by atoms with van der Waals surface area (Å²) in [5.41, 5.74) is 0.850. The summed E-state index contributed by atoms with van der Waals surface area (Å²) in [6.45, 7) is 5.24. The van der Waals surface area contributed by atoms with Crippen LogP contribution in [0.1, 0.15) is 38.4 Å². The zero-order valence-electron chi connectivity index (χ0n) is 16.1. The summed E-state index contributed by atoms with van der Waals surface area (Å²) in [6, 6.07) is 8.28. The van der Waals surface area contributed by atoms with Crippen molar-refractivity contribution in [3.05, 3.63) is 30.1 Å². The van der Waals surface area contributed by atoms with Crippen LogP contribution in [0.5, 0.6) is 11.5 Å². The number of anilines is 3. The van der Waals surface area contributed by atoms with Crippen LogP contribution < -0.4 is 19.7 Å². The fourth-order valence-electron chi connectivity index (χ4n) is 3.53. The number of hydrogen-bond donors (Lipinski definition) is 1. The molecule has 6 nitrogen and oxygen atoms in total. The zero-order chi connectivity index (χ0) is 18.5. The third kappa shape index (κ3) is 4.00. The summed E-state index contributed by atoms with van der Waals surface area (Å²) in [5, 5.41) is 3.37. The summed E-state index contributed by atoms with van der Waals surface area (Å²) in [7, 11) is 3.29. The molecule has 1 fully saturated rings. The highest BCUT2D eigenvalue weighted by atomic mass is 16.5. The lowest BCUT2D eigenvalue weighted by atomic mass is 10.00. The van der Waals surface area contributed by atoms with Gasteiger partial charge in [0, 0.05) is 24.7 Å². The molecular weight excluding hydrogens is 328 g/mol. The molecule has 1 aromatic carbocycles. The van der Waals surface area contributed by atoms with Crippen LogP contribution in [0.15, 0.2) is 24.3 Å². The van der Waals surface area contributed by atoms with Crippen molar-refractivity contribution in [2.75, 3.05) is 31.0 Å². The molecule has 0 saturated carbocycles. The molecule has 1 atom stereocenters. The first kappa shape index (κ1) is 18.3. The molecule has 3 rings (SSSR count). The van der Waals surface area contributed by atoms with E-state index in [9.17, 15) is 0 Å². The van der Waals surface area contributed by atoms with E-state index in [0.717, 1.165) is 41.9 Å². The number of benzene rings is 1. The Labute approximate surface area is 155 Å². The Hall–Kier alpha value is -2.50. The molecule has 0 radical (unpaired) electrons. The smallest absolute Gasteiger partial charge is 0.146 e. The Balaban J connectivity index is 1.88. The molecule has 1 aromatic heterocycles. The van der Waals surface area contributed by atoms with Crippen LogP contribution in [-0.2, 0) is 0 Å². The second-order valence-corrected chi connectivity index (χ2v) is 6.60. The quantitative estimate of drug-likeness (QED) is 0.832. The topological polar surface area (TPSA) is 59.5 Å². The van der Waals surface area contributed by atoms with Gasteiger partial charge >= 0.3 is 0 Å². The summed E-state index contributed by atoms with van der Waals surface area (Å²) in [6.07, 6.45) is 4.88. The highest BCUT2D eigenvalue weighted by Crippen LogP contribution is 2.32. The van der Waals surface area contributed by atoms with Crippen molar-refractivity contribution in [3.8, 4) is 11.5 Å². The lowest BCUT2D eigenvalue weighted by Gasteiger charge is -2.36. The van der Waals surface area contributed by atoms with Crippen LogP contribution in [0.3, 0.4) is 0 Å². The third-order valence-corrected chi connectivity index (χ3v) is 4.89. The standard InChI is InChI=1S/C20H28N4O2/c1-5-15-8-6-7-11-24(15)20-13-19(21-14(2)22-20)23-17-10-9-16(25-3)12-18(17)26-4/h9-10,12-13,15H,5-8,11H2,1-4H3,(H,21,22,23). The molecule has 0 spiro atoms. The second kappa shape index (κ2) is 8.25. The summed E-state index contributed by atoms with van der Waals surface area (Å²) < 4.78 is 10.7. The lowest BCUT2D eigenvalue weighted by molar-refractivity contribution is 0.395. The molecule has 1 aliphatic rings. The Bertz CT molecular complexity index is 751. The average molecular weight is 356 g/mol. The second-order valence-electron chi connectivity index (χ2n) is 6.60. The summed E-state index contributed by atoms with van der Waals surface area (Å²) >= 11 is 0. The van der Waals surface area contributed by atoms with Gasteiger partial charge in [-0.05, 0) is 44.7 Å². The van der Waals surface area contributed by atoms with Crippen molar-refractivity contribution in [2.45, 2.75) is 45.6 Å². The van der Waals surface area contributed by atoms with Gasteiger partial charge in [0.25, 0.3) is 0 Å². The van der Waals surface area contributed by atoms with E-state index in [2.05, 4.69) is 22.1 Å². The number of aromatic nitrogens is 2. The van der Waals surface area contributed by atoms with E-state index < -0.39 is 0 Å². The number of nitrogens with zero attached hydrogens (tertiary/aromatic N) is 3. The molecule has 26 heavy (non-hydrogen) atoms. The Morgan fingerprint density at radius 1 is 1.15 bits per heavy atom. The van der Waals surface area contributed by atoms with Crippen LogP contribution >= 0.6 is 0 Å². The normalized spacial score (nSPS) is 17.1. The molecule has 1 N–H and O–H groups in total. The van der Waals surface area contributed by atoms with Gasteiger partial charge in [0.2, 0.25) is 0 Å². The number of ether oxygens (including phenoxy) is 2. The molecule has 0 amide bonds. The van der Waals surface area contributed by atoms with Crippen LogP contribution in [0.4, 0.5) is 17.3 Å². The fourth-order valence-corrected chi connectivity index (χ4v) is 3.53. The number of rotatable bonds is 6. The van der Waals surface area contributed by atoms with Crippen LogP contribution in [0, 0.1) is 6.92 Å². The first-order chi connectivity index (χ1) is 12.6. The molecule has 1 saturated heterocycles. The number of nitrogens with one attached hydrogen (secondary N) is 1. The molecule has 2 heterocycles. The van der Waals surface area contributed by atoms with Gasteiger partial charge in [-0.3, -0.25) is 0 Å². The van der Waals surface area contributed by atoms with Crippen LogP contribution in [0.2, 0.25) is 0 Å². The predicted molar refractivity (Wildman–Crippen MR) is 105 cm³/mol. The largest absolute Gasteiger partial charge is 0.497 e. The predicted octanol–water partition coefficient (Wildman–Crippen LogP) is 4.31. The molecule has 2 aromatic rings. The van der Waals surface area contributed by atoms with E-state index in [-0.39, 0.29) is 0 Å². The Kier molecular flexibility index (Phi) is 5.81. The lowest BCUT2D eigenvalue weighted by Crippen LogP contribution is -2.39. The Morgan fingerprint density at radius 2 is 2.00 bits per heavy atom. The van der Waals surface area contributed by atoms with Crippen molar-refractivity contribution < 1.29 is 9.47 Å². The number of hydrogen-bond acceptors (Lipinski definition) is 6. The average Bonchev–Trinajstić information content (AvgIpc) is 2.67. The van der Waals surface area contributed by atoms with Gasteiger partial charge in [-0.25, -0.2) is 9.97 Å². The van der Waals surface area contributed by atoms with E-state index in [1.54, 1.807) is 14.2 Å². The van der Waals surface area contributed by atoms with Crippen LogP contribution in [-0.4, -0.2) is 36.8 Å². The monoisotopic (exact) mass is 356 g/mol. The highest BCUT2D eigenvalue weighted by Gasteiger charge is 2.23. The molecule has 1 unspecified atom stereocenters. The third-order valence-electron chi connectivity index (χ3n) is 4.89. The zero-order valence-corrected chi connectivity index (χ0v) is 16.1. The molecule has 140 valence electrons. The van der Waals surface area contributed by atoms with E-state index in [0.29, 0.717) is 11.8 Å². The Morgan fingerprint density at radius 3 is 2.73 bits per heavy atom. The van der Waals surface area contributed by atoms with Crippen molar-refractivity contribution in [2.24, 2.45) is 0 Å². The van der Waals surface area contributed by atoms with E-state index >= 15 is 0 Å². The summed E-state index contributed by atoms with van der Waals surface area (Å²) in [4.78, 5) is 11.7. The number of piperidine rings is 1. The van der Waals surface area contributed by atoms with Crippen LogP contribution in [0.25, 0.3) is 0 Å². The molecule has 1 aliphatic heterocycles. The maximum atomic E-state index is 5.47. The van der Waals surface area contributed by atoms with Gasteiger partial charge in [-0.15, -0.1) is 0 Å². The van der Waals surface area contributed by atoms with Gasteiger partial charge in [0.1, 0.15) is 29.0 Å². The number of aryl methyl sites for hydroxylation is 1. The van der Waals surface area contributed by atoms with Crippen molar-refractivity contribution in [1.82, 2.24) is 9.97 Å². The van der Waals surface area contributed by atoms with E-state index in [4.69, 9.17) is 14.5 Å². The van der Waals surface area contributed by atoms with Crippen molar-refractivity contribution >= 4 is 17.3 Å². The summed E-state index contributed by atoms with van der Waals surface area (Å²) in [5.74, 6) is 4.01. The maximum Gasteiger partial charge on any atom is 0.146 e. The number of methoxy groups -OCH3 is 2. The van der Waals surface area contributed by atoms with E-state index in [1.165, 1.54) is 19.3 Å². The van der Waals surface area contributed by atoms with Gasteiger partial charge in [0.05, 0.1) is 19.9 Å². The van der Waals surface area contributed by atoms with Gasteiger partial charge in [0.15, 0.2) is 0 Å². The van der Waals surface area contributed by atoms with Gasteiger partial charge in [-0.2, -0.15) is 0 Å². The minimum Gasteiger partial charge on any atom is -0.497 e. The first-order valence-corrected chi connectivity index (χ1v) is 9.26. The van der Waals surface area contributed by atoms with Crippen molar-refractivity contribution in [3.63, 3.8) is 0 Å². The molecule has 6 heteroatoms. The van der Waals surface area contributed by atoms with Crippen molar-refractivity contribution in [1.29, 1.82) is 0 Å². The van der Waals surface area contributed by atoms with E-state index in [1.807, 2.05) is 31.2 Å². The molecule has 0 bridgehead atoms. The SMILES string of the molecule is CCC1CCCCN1c1cc(Nc2ccc(OC)cc2OC)nc(C)n1. The maximum absolute atomic E-state index is 5.47.